The van der Waals surface area contributed by atoms with Crippen molar-refractivity contribution in [3.8, 4) is 0 Å². The number of carbonyl (C=O) groups excluding carboxylic acids is 1. The Morgan fingerprint density at radius 3 is 2.54 bits per heavy atom. The van der Waals surface area contributed by atoms with Gasteiger partial charge in [0, 0.05) is 35.9 Å². The molecule has 1 fully saturated rings. The summed E-state index contributed by atoms with van der Waals surface area (Å²) in [5.41, 5.74) is 1.14. The maximum atomic E-state index is 13.2. The molecule has 2 heterocycles. The van der Waals surface area contributed by atoms with Gasteiger partial charge < -0.3 is 10.0 Å². The van der Waals surface area contributed by atoms with Crippen molar-refractivity contribution in [2.75, 3.05) is 13.1 Å². The molecule has 1 aromatic heterocycles. The highest BCUT2D eigenvalue weighted by molar-refractivity contribution is 6.30. The number of nitrogens with zero attached hydrogens (tertiary/aromatic N) is 2. The molecule has 1 N–H and O–H groups in total. The standard InChI is InChI=1S/C18H18ClFN2O2/c19-15-3-1-12(2-4-15)17(23)13-6-9-22(10-7-13)18(24)14-5-8-21-16(20)11-14/h1-5,8,11,13,17,23H,6-7,9-10H2. The molecule has 3 rings (SSSR count). The zero-order valence-corrected chi connectivity index (χ0v) is 13.8. The van der Waals surface area contributed by atoms with Gasteiger partial charge in [0.15, 0.2) is 0 Å². The van der Waals surface area contributed by atoms with Crippen LogP contribution in [0, 0.1) is 11.9 Å². The van der Waals surface area contributed by atoms with Gasteiger partial charge in [0.2, 0.25) is 5.95 Å². The summed E-state index contributed by atoms with van der Waals surface area (Å²) in [6.07, 6.45) is 2.11. The van der Waals surface area contributed by atoms with E-state index in [1.165, 1.54) is 12.3 Å². The Balaban J connectivity index is 1.61. The van der Waals surface area contributed by atoms with Gasteiger partial charge in [0.1, 0.15) is 0 Å². The van der Waals surface area contributed by atoms with Crippen molar-refractivity contribution in [3.63, 3.8) is 0 Å². The number of piperidine rings is 1. The van der Waals surface area contributed by atoms with E-state index in [-0.39, 0.29) is 11.8 Å². The zero-order chi connectivity index (χ0) is 17.1. The second-order valence-corrected chi connectivity index (χ2v) is 6.43. The van der Waals surface area contributed by atoms with E-state index >= 15 is 0 Å². The quantitative estimate of drug-likeness (QED) is 0.864. The number of benzene rings is 1. The van der Waals surface area contributed by atoms with Gasteiger partial charge in [-0.3, -0.25) is 4.79 Å². The van der Waals surface area contributed by atoms with Crippen molar-refractivity contribution in [2.24, 2.45) is 5.92 Å². The number of hydrogen-bond acceptors (Lipinski definition) is 3. The third-order valence-corrected chi connectivity index (χ3v) is 4.71. The monoisotopic (exact) mass is 348 g/mol. The van der Waals surface area contributed by atoms with Crippen LogP contribution in [0.2, 0.25) is 5.02 Å². The van der Waals surface area contributed by atoms with Gasteiger partial charge in [-0.25, -0.2) is 4.98 Å². The van der Waals surface area contributed by atoms with E-state index in [9.17, 15) is 14.3 Å². The van der Waals surface area contributed by atoms with E-state index in [4.69, 9.17) is 11.6 Å². The number of aliphatic hydroxyl groups excluding tert-OH is 1. The Morgan fingerprint density at radius 2 is 1.92 bits per heavy atom. The average molecular weight is 349 g/mol. The van der Waals surface area contributed by atoms with E-state index in [0.717, 1.165) is 11.6 Å². The van der Waals surface area contributed by atoms with E-state index in [0.29, 0.717) is 36.5 Å². The molecule has 24 heavy (non-hydrogen) atoms. The van der Waals surface area contributed by atoms with Crippen molar-refractivity contribution in [2.45, 2.75) is 18.9 Å². The number of aromatic nitrogens is 1. The number of amides is 1. The summed E-state index contributed by atoms with van der Waals surface area (Å²) in [5, 5.41) is 11.1. The Hall–Kier alpha value is -1.98. The fourth-order valence-electron chi connectivity index (χ4n) is 3.07. The number of aliphatic hydroxyl groups is 1. The fraction of sp³-hybridized carbons (Fsp3) is 0.333. The summed E-state index contributed by atoms with van der Waals surface area (Å²) in [5.74, 6) is -0.769. The first kappa shape index (κ1) is 16.9. The third-order valence-electron chi connectivity index (χ3n) is 4.46. The largest absolute Gasteiger partial charge is 0.388 e. The topological polar surface area (TPSA) is 53.4 Å². The number of halogens is 2. The maximum Gasteiger partial charge on any atom is 0.254 e. The van der Waals surface area contributed by atoms with Crippen LogP contribution in [0.5, 0.6) is 0 Å². The Morgan fingerprint density at radius 1 is 1.25 bits per heavy atom. The van der Waals surface area contributed by atoms with Gasteiger partial charge in [0.05, 0.1) is 6.10 Å². The maximum absolute atomic E-state index is 13.2. The molecule has 0 spiro atoms. The van der Waals surface area contributed by atoms with E-state index in [1.54, 1.807) is 17.0 Å². The second-order valence-electron chi connectivity index (χ2n) is 5.99. The third kappa shape index (κ3) is 3.74. The number of pyridine rings is 1. The molecule has 0 aliphatic carbocycles. The van der Waals surface area contributed by atoms with Crippen molar-refractivity contribution < 1.29 is 14.3 Å². The molecule has 1 unspecified atom stereocenters. The number of hydrogen-bond donors (Lipinski definition) is 1. The zero-order valence-electron chi connectivity index (χ0n) is 13.0. The lowest BCUT2D eigenvalue weighted by Gasteiger charge is -2.34. The smallest absolute Gasteiger partial charge is 0.254 e. The van der Waals surface area contributed by atoms with Gasteiger partial charge in [0.25, 0.3) is 5.91 Å². The van der Waals surface area contributed by atoms with Gasteiger partial charge in [-0.2, -0.15) is 4.39 Å². The summed E-state index contributed by atoms with van der Waals surface area (Å²) in [6.45, 7) is 1.08. The predicted molar refractivity (Wildman–Crippen MR) is 89.2 cm³/mol. The van der Waals surface area contributed by atoms with Crippen LogP contribution in [0.15, 0.2) is 42.6 Å². The van der Waals surface area contributed by atoms with Gasteiger partial charge in [-0.15, -0.1) is 0 Å². The van der Waals surface area contributed by atoms with Crippen LogP contribution in [-0.2, 0) is 0 Å². The molecule has 1 amide bonds. The molecule has 0 radical (unpaired) electrons. The normalized spacial score (nSPS) is 16.9. The van der Waals surface area contributed by atoms with Crippen LogP contribution in [0.1, 0.15) is 34.9 Å². The van der Waals surface area contributed by atoms with Crippen molar-refractivity contribution >= 4 is 17.5 Å². The molecule has 0 bridgehead atoms. The lowest BCUT2D eigenvalue weighted by atomic mass is 9.87. The van der Waals surface area contributed by atoms with Gasteiger partial charge in [-0.1, -0.05) is 23.7 Å². The second kappa shape index (κ2) is 7.28. The first-order chi connectivity index (χ1) is 11.5. The highest BCUT2D eigenvalue weighted by Crippen LogP contribution is 2.31. The van der Waals surface area contributed by atoms with Crippen LogP contribution in [0.25, 0.3) is 0 Å². The van der Waals surface area contributed by atoms with Crippen molar-refractivity contribution in [3.05, 3.63) is 64.7 Å². The van der Waals surface area contributed by atoms with E-state index < -0.39 is 12.1 Å². The minimum atomic E-state index is -0.658. The van der Waals surface area contributed by atoms with Crippen LogP contribution >= 0.6 is 11.6 Å². The molecule has 4 nitrogen and oxygen atoms in total. The molecule has 1 aliphatic heterocycles. The molecule has 1 aliphatic rings. The van der Waals surface area contributed by atoms with Crippen LogP contribution in [0.4, 0.5) is 4.39 Å². The molecule has 1 saturated heterocycles. The lowest BCUT2D eigenvalue weighted by Crippen LogP contribution is -2.39. The first-order valence-corrected chi connectivity index (χ1v) is 8.27. The average Bonchev–Trinajstić information content (AvgIpc) is 2.61. The minimum Gasteiger partial charge on any atom is -0.388 e. The van der Waals surface area contributed by atoms with Crippen molar-refractivity contribution in [1.29, 1.82) is 0 Å². The fourth-order valence-corrected chi connectivity index (χ4v) is 3.19. The summed E-state index contributed by atoms with van der Waals surface area (Å²) in [6, 6.07) is 9.83. The molecule has 0 saturated carbocycles. The Labute approximate surface area is 144 Å². The van der Waals surface area contributed by atoms with Crippen LogP contribution in [0.3, 0.4) is 0 Å². The van der Waals surface area contributed by atoms with Crippen LogP contribution < -0.4 is 0 Å². The molecular weight excluding hydrogens is 331 g/mol. The van der Waals surface area contributed by atoms with E-state index in [1.807, 2.05) is 12.1 Å². The minimum absolute atomic E-state index is 0.0874. The lowest BCUT2D eigenvalue weighted by molar-refractivity contribution is 0.0462. The predicted octanol–water partition coefficient (Wildman–Crippen LogP) is 3.46. The molecule has 6 heteroatoms. The Kier molecular flexibility index (Phi) is 5.11. The molecular formula is C18H18ClFN2O2. The summed E-state index contributed by atoms with van der Waals surface area (Å²) < 4.78 is 13.2. The van der Waals surface area contributed by atoms with Crippen molar-refractivity contribution in [1.82, 2.24) is 9.88 Å². The molecule has 126 valence electrons. The molecule has 2 aromatic rings. The summed E-state index contributed by atoms with van der Waals surface area (Å²) >= 11 is 5.87. The molecule has 1 aromatic carbocycles. The number of carbonyl (C=O) groups is 1. The SMILES string of the molecule is O=C(c1ccnc(F)c1)N1CCC(C(O)c2ccc(Cl)cc2)CC1. The van der Waals surface area contributed by atoms with Crippen LogP contribution in [-0.4, -0.2) is 34.0 Å². The highest BCUT2D eigenvalue weighted by Gasteiger charge is 2.28. The molecule has 1 atom stereocenters. The number of rotatable bonds is 3. The summed E-state index contributed by atoms with van der Waals surface area (Å²) in [7, 11) is 0. The highest BCUT2D eigenvalue weighted by atomic mass is 35.5. The van der Waals surface area contributed by atoms with Gasteiger partial charge in [-0.05, 0) is 42.5 Å². The Bertz CT molecular complexity index is 715. The first-order valence-electron chi connectivity index (χ1n) is 7.89. The number of likely N-dealkylation sites (tertiary alicyclic amines) is 1. The van der Waals surface area contributed by atoms with E-state index in [2.05, 4.69) is 4.98 Å². The van der Waals surface area contributed by atoms with Gasteiger partial charge >= 0.3 is 0 Å². The summed E-state index contributed by atoms with van der Waals surface area (Å²) in [4.78, 5) is 17.5.